The molecule has 2 N–H and O–H groups in total. The van der Waals surface area contributed by atoms with Crippen LogP contribution in [0.3, 0.4) is 0 Å². The summed E-state index contributed by atoms with van der Waals surface area (Å²) < 4.78 is 19.0. The summed E-state index contributed by atoms with van der Waals surface area (Å²) in [6.07, 6.45) is 2.31. The minimum absolute atomic E-state index is 0.215. The standard InChI is InChI=1S/C22H18Cl2FN3O2/c1-12-20-17(28-27-15-8-6-14(25)7-9-15)3-2-4-19(20)30-21(12)22(29)26-18-11-13(23)5-10-16(18)24/h5-11,27H,2-4H2,1H3,(H,26,29)/b28-17+. The Morgan fingerprint density at radius 1 is 1.13 bits per heavy atom. The van der Waals surface area contributed by atoms with Crippen LogP contribution >= 0.6 is 23.2 Å². The zero-order valence-corrected chi connectivity index (χ0v) is 17.6. The highest BCUT2D eigenvalue weighted by Gasteiger charge is 2.28. The highest BCUT2D eigenvalue weighted by molar-refractivity contribution is 6.35. The van der Waals surface area contributed by atoms with E-state index in [0.29, 0.717) is 27.0 Å². The Morgan fingerprint density at radius 2 is 1.90 bits per heavy atom. The molecule has 30 heavy (non-hydrogen) atoms. The number of nitrogens with zero attached hydrogens (tertiary/aromatic N) is 1. The summed E-state index contributed by atoms with van der Waals surface area (Å²) in [4.78, 5) is 12.8. The molecule has 8 heteroatoms. The molecule has 0 saturated heterocycles. The molecule has 2 aromatic carbocycles. The molecule has 0 saturated carbocycles. The summed E-state index contributed by atoms with van der Waals surface area (Å²) in [5, 5.41) is 8.08. The molecule has 0 radical (unpaired) electrons. The van der Waals surface area contributed by atoms with Crippen LogP contribution in [0.1, 0.15) is 40.3 Å². The van der Waals surface area contributed by atoms with E-state index in [0.717, 1.165) is 36.3 Å². The van der Waals surface area contributed by atoms with E-state index in [4.69, 9.17) is 27.6 Å². The fraction of sp³-hybridized carbons (Fsp3) is 0.182. The predicted molar refractivity (Wildman–Crippen MR) is 117 cm³/mol. The van der Waals surface area contributed by atoms with Crippen LogP contribution in [-0.4, -0.2) is 11.6 Å². The number of amides is 1. The second kappa shape index (κ2) is 8.50. The Hall–Kier alpha value is -2.83. The molecule has 4 rings (SSSR count). The monoisotopic (exact) mass is 445 g/mol. The van der Waals surface area contributed by atoms with Crippen molar-refractivity contribution in [2.45, 2.75) is 26.2 Å². The molecule has 3 aromatic rings. The van der Waals surface area contributed by atoms with Gasteiger partial charge in [-0.05, 0) is 62.2 Å². The summed E-state index contributed by atoms with van der Waals surface area (Å²) in [5.41, 5.74) is 6.37. The number of aryl methyl sites for hydroxylation is 1. The van der Waals surface area contributed by atoms with Crippen LogP contribution < -0.4 is 10.7 Å². The highest BCUT2D eigenvalue weighted by atomic mass is 35.5. The van der Waals surface area contributed by atoms with Crippen LogP contribution in [-0.2, 0) is 6.42 Å². The largest absolute Gasteiger partial charge is 0.455 e. The molecule has 1 aromatic heterocycles. The van der Waals surface area contributed by atoms with Gasteiger partial charge >= 0.3 is 0 Å². The van der Waals surface area contributed by atoms with E-state index in [1.807, 2.05) is 6.92 Å². The molecular weight excluding hydrogens is 428 g/mol. The number of anilines is 2. The number of hydrazone groups is 1. The van der Waals surface area contributed by atoms with Gasteiger partial charge in [0.2, 0.25) is 0 Å². The number of fused-ring (bicyclic) bond motifs is 1. The van der Waals surface area contributed by atoms with Crippen molar-refractivity contribution >= 4 is 46.2 Å². The van der Waals surface area contributed by atoms with Crippen molar-refractivity contribution in [1.29, 1.82) is 0 Å². The topological polar surface area (TPSA) is 66.6 Å². The lowest BCUT2D eigenvalue weighted by Gasteiger charge is -2.13. The number of halogens is 3. The van der Waals surface area contributed by atoms with Crippen LogP contribution in [0, 0.1) is 12.7 Å². The quantitative estimate of drug-likeness (QED) is 0.454. The highest BCUT2D eigenvalue weighted by Crippen LogP contribution is 2.32. The smallest absolute Gasteiger partial charge is 0.291 e. The lowest BCUT2D eigenvalue weighted by Crippen LogP contribution is -2.14. The molecule has 1 aliphatic carbocycles. The zero-order chi connectivity index (χ0) is 21.3. The van der Waals surface area contributed by atoms with Crippen LogP contribution in [0.4, 0.5) is 15.8 Å². The van der Waals surface area contributed by atoms with Crippen LogP contribution in [0.15, 0.2) is 52.0 Å². The van der Waals surface area contributed by atoms with E-state index in [1.54, 1.807) is 30.3 Å². The number of nitrogens with one attached hydrogen (secondary N) is 2. The number of benzene rings is 2. The molecule has 0 spiro atoms. The third-order valence-corrected chi connectivity index (χ3v) is 5.44. The Kier molecular flexibility index (Phi) is 5.79. The second-order valence-corrected chi connectivity index (χ2v) is 7.81. The molecule has 0 fully saturated rings. The van der Waals surface area contributed by atoms with Gasteiger partial charge < -0.3 is 9.73 Å². The van der Waals surface area contributed by atoms with E-state index < -0.39 is 5.91 Å². The van der Waals surface area contributed by atoms with E-state index in [-0.39, 0.29) is 11.6 Å². The average Bonchev–Trinajstić information content (AvgIpc) is 3.08. The van der Waals surface area contributed by atoms with Gasteiger partial charge in [-0.1, -0.05) is 23.2 Å². The van der Waals surface area contributed by atoms with Crippen molar-refractivity contribution in [3.63, 3.8) is 0 Å². The van der Waals surface area contributed by atoms with Crippen molar-refractivity contribution in [3.8, 4) is 0 Å². The van der Waals surface area contributed by atoms with E-state index in [2.05, 4.69) is 15.8 Å². The molecule has 1 heterocycles. The fourth-order valence-corrected chi connectivity index (χ4v) is 3.76. The summed E-state index contributed by atoms with van der Waals surface area (Å²) in [6, 6.07) is 10.8. The number of hydrogen-bond donors (Lipinski definition) is 2. The average molecular weight is 446 g/mol. The Bertz CT molecular complexity index is 1140. The first-order valence-electron chi connectivity index (χ1n) is 9.39. The molecular formula is C22H18Cl2FN3O2. The Morgan fingerprint density at radius 3 is 2.67 bits per heavy atom. The normalized spacial score (nSPS) is 14.5. The number of carbonyl (C=O) groups is 1. The Labute approximate surface area is 182 Å². The van der Waals surface area contributed by atoms with Crippen molar-refractivity contribution in [3.05, 3.63) is 81.0 Å². The van der Waals surface area contributed by atoms with Gasteiger partial charge in [-0.15, -0.1) is 0 Å². The van der Waals surface area contributed by atoms with E-state index in [9.17, 15) is 9.18 Å². The van der Waals surface area contributed by atoms with Crippen LogP contribution in [0.25, 0.3) is 0 Å². The minimum atomic E-state index is -0.406. The molecule has 154 valence electrons. The molecule has 1 aliphatic rings. The van der Waals surface area contributed by atoms with Crippen molar-refractivity contribution < 1.29 is 13.6 Å². The van der Waals surface area contributed by atoms with Gasteiger partial charge in [0.05, 0.1) is 22.1 Å². The number of rotatable bonds is 4. The molecule has 5 nitrogen and oxygen atoms in total. The third-order valence-electron chi connectivity index (χ3n) is 4.87. The second-order valence-electron chi connectivity index (χ2n) is 6.96. The molecule has 0 unspecified atom stereocenters. The lowest BCUT2D eigenvalue weighted by molar-refractivity contribution is 0.0994. The number of carbonyl (C=O) groups excluding carboxylic acids is 1. The van der Waals surface area contributed by atoms with Gasteiger partial charge in [0.15, 0.2) is 5.76 Å². The number of furan rings is 1. The van der Waals surface area contributed by atoms with Crippen molar-refractivity contribution in [1.82, 2.24) is 0 Å². The van der Waals surface area contributed by atoms with Crippen LogP contribution in [0.5, 0.6) is 0 Å². The SMILES string of the molecule is Cc1c(C(=O)Nc2cc(Cl)ccc2Cl)oc2c1/C(=N/Nc1ccc(F)cc1)CCC2. The summed E-state index contributed by atoms with van der Waals surface area (Å²) in [6.45, 7) is 1.83. The first-order valence-corrected chi connectivity index (χ1v) is 10.1. The van der Waals surface area contributed by atoms with Crippen molar-refractivity contribution in [2.24, 2.45) is 5.10 Å². The molecule has 1 amide bonds. The maximum absolute atomic E-state index is 13.1. The van der Waals surface area contributed by atoms with E-state index >= 15 is 0 Å². The minimum Gasteiger partial charge on any atom is -0.455 e. The first-order chi connectivity index (χ1) is 14.4. The maximum Gasteiger partial charge on any atom is 0.291 e. The predicted octanol–water partition coefficient (Wildman–Crippen LogP) is 6.44. The molecule has 0 atom stereocenters. The van der Waals surface area contributed by atoms with Gasteiger partial charge in [-0.3, -0.25) is 10.2 Å². The lowest BCUT2D eigenvalue weighted by atomic mass is 9.93. The van der Waals surface area contributed by atoms with Gasteiger partial charge in [-0.2, -0.15) is 5.10 Å². The van der Waals surface area contributed by atoms with Crippen molar-refractivity contribution in [2.75, 3.05) is 10.7 Å². The first kappa shape index (κ1) is 20.4. The number of hydrogen-bond acceptors (Lipinski definition) is 4. The van der Waals surface area contributed by atoms with Gasteiger partial charge in [0.25, 0.3) is 5.91 Å². The van der Waals surface area contributed by atoms with Gasteiger partial charge in [0.1, 0.15) is 11.6 Å². The zero-order valence-electron chi connectivity index (χ0n) is 16.1. The summed E-state index contributed by atoms with van der Waals surface area (Å²) >= 11 is 12.1. The third kappa shape index (κ3) is 4.20. The summed E-state index contributed by atoms with van der Waals surface area (Å²) in [7, 11) is 0. The molecule has 0 aliphatic heterocycles. The van der Waals surface area contributed by atoms with E-state index in [1.165, 1.54) is 12.1 Å². The molecule has 0 bridgehead atoms. The van der Waals surface area contributed by atoms with Crippen LogP contribution in [0.2, 0.25) is 10.0 Å². The Balaban J connectivity index is 1.60. The summed E-state index contributed by atoms with van der Waals surface area (Å²) in [5.74, 6) is 0.222. The van der Waals surface area contributed by atoms with Gasteiger partial charge in [0, 0.05) is 22.6 Å². The fourth-order valence-electron chi connectivity index (χ4n) is 3.43. The van der Waals surface area contributed by atoms with Gasteiger partial charge in [-0.25, -0.2) is 4.39 Å². The maximum atomic E-state index is 13.1.